The van der Waals surface area contributed by atoms with Crippen molar-refractivity contribution in [3.63, 3.8) is 0 Å². The van der Waals surface area contributed by atoms with Gasteiger partial charge in [-0.25, -0.2) is 4.98 Å². The van der Waals surface area contributed by atoms with E-state index < -0.39 is 0 Å². The number of fused-ring (bicyclic) bond motifs is 1. The minimum atomic E-state index is -0.148. The van der Waals surface area contributed by atoms with Gasteiger partial charge in [-0.2, -0.15) is 0 Å². The Morgan fingerprint density at radius 1 is 0.681 bits per heavy atom. The molecule has 1 N–H and O–H groups in total. The lowest BCUT2D eigenvalue weighted by Gasteiger charge is -2.14. The zero-order valence-electron chi connectivity index (χ0n) is 30.0. The number of imidazole rings is 1. The maximum atomic E-state index is 12.8. The van der Waals surface area contributed by atoms with Gasteiger partial charge in [-0.05, 0) is 43.5 Å². The summed E-state index contributed by atoms with van der Waals surface area (Å²) in [7, 11) is 4.65. The molecule has 0 bridgehead atoms. The molecule has 0 aliphatic heterocycles. The summed E-state index contributed by atoms with van der Waals surface area (Å²) in [6.45, 7) is 3.95. The van der Waals surface area contributed by atoms with Gasteiger partial charge in [0.05, 0.1) is 32.4 Å². The number of carbonyl (C=O) groups excluding carboxylic acids is 1. The summed E-state index contributed by atoms with van der Waals surface area (Å²) in [5, 5.41) is 3.03. The van der Waals surface area contributed by atoms with Crippen molar-refractivity contribution in [2.45, 2.75) is 142 Å². The molecule has 0 atom stereocenters. The van der Waals surface area contributed by atoms with Crippen molar-refractivity contribution >= 4 is 16.9 Å². The minimum absolute atomic E-state index is 0.148. The van der Waals surface area contributed by atoms with Crippen molar-refractivity contribution in [3.8, 4) is 17.2 Å². The summed E-state index contributed by atoms with van der Waals surface area (Å²) < 4.78 is 18.6. The number of amides is 1. The van der Waals surface area contributed by atoms with Gasteiger partial charge in [0.25, 0.3) is 5.91 Å². The van der Waals surface area contributed by atoms with Gasteiger partial charge in [-0.1, -0.05) is 122 Å². The normalized spacial score (nSPS) is 11.2. The summed E-state index contributed by atoms with van der Waals surface area (Å²) in [4.78, 5) is 17.8. The first-order valence-electron chi connectivity index (χ1n) is 18.6. The zero-order chi connectivity index (χ0) is 33.5. The largest absolute Gasteiger partial charge is 0.493 e. The highest BCUT2D eigenvalue weighted by molar-refractivity contribution is 5.95. The van der Waals surface area contributed by atoms with Gasteiger partial charge in [0, 0.05) is 25.1 Å². The van der Waals surface area contributed by atoms with Crippen LogP contribution in [0, 0.1) is 0 Å². The summed E-state index contributed by atoms with van der Waals surface area (Å²) in [5.41, 5.74) is 2.83. The fraction of sp³-hybridized carbons (Fsp3) is 0.650. The molecule has 7 heteroatoms. The second-order valence-electron chi connectivity index (χ2n) is 13.0. The molecule has 3 rings (SSSR count). The van der Waals surface area contributed by atoms with Gasteiger partial charge < -0.3 is 24.1 Å². The van der Waals surface area contributed by atoms with Crippen molar-refractivity contribution in [3.05, 3.63) is 47.8 Å². The van der Waals surface area contributed by atoms with Gasteiger partial charge in [0.1, 0.15) is 5.82 Å². The van der Waals surface area contributed by atoms with Crippen molar-refractivity contribution in [1.82, 2.24) is 14.9 Å². The van der Waals surface area contributed by atoms with Crippen LogP contribution in [-0.2, 0) is 13.0 Å². The SMILES string of the molecule is CCCCCCCCCCCCCCCCCCn1c(CCCCCNC(=O)c2cc(OC)c(OC)c(OC)c2)nc2ccccc21. The number of carbonyl (C=O) groups is 1. The van der Waals surface area contributed by atoms with Crippen LogP contribution in [0.4, 0.5) is 0 Å². The smallest absolute Gasteiger partial charge is 0.251 e. The first-order valence-corrected chi connectivity index (χ1v) is 18.6. The van der Waals surface area contributed by atoms with Crippen LogP contribution in [0.1, 0.15) is 145 Å². The predicted molar refractivity (Wildman–Crippen MR) is 195 cm³/mol. The Morgan fingerprint density at radius 3 is 1.77 bits per heavy atom. The van der Waals surface area contributed by atoms with E-state index in [1.54, 1.807) is 33.5 Å². The molecule has 262 valence electrons. The summed E-state index contributed by atoms with van der Waals surface area (Å²) in [5.74, 6) is 2.46. The Labute approximate surface area is 285 Å². The lowest BCUT2D eigenvalue weighted by molar-refractivity contribution is 0.0952. The van der Waals surface area contributed by atoms with Crippen molar-refractivity contribution in [1.29, 1.82) is 0 Å². The van der Waals surface area contributed by atoms with Crippen LogP contribution >= 0.6 is 0 Å². The Hall–Kier alpha value is -3.22. The first-order chi connectivity index (χ1) is 23.1. The zero-order valence-corrected chi connectivity index (χ0v) is 30.0. The third-order valence-corrected chi connectivity index (χ3v) is 9.26. The Bertz CT molecular complexity index is 1260. The molecule has 0 saturated heterocycles. The van der Waals surface area contributed by atoms with E-state index in [1.165, 1.54) is 114 Å². The second-order valence-corrected chi connectivity index (χ2v) is 13.0. The average Bonchev–Trinajstić information content (AvgIpc) is 3.45. The number of para-hydroxylation sites is 2. The molecule has 0 saturated carbocycles. The third-order valence-electron chi connectivity index (χ3n) is 9.26. The molecular weight excluding hydrogens is 586 g/mol. The Morgan fingerprint density at radius 2 is 1.21 bits per heavy atom. The lowest BCUT2D eigenvalue weighted by Crippen LogP contribution is -2.24. The van der Waals surface area contributed by atoms with Crippen LogP contribution in [0.2, 0.25) is 0 Å². The molecule has 7 nitrogen and oxygen atoms in total. The van der Waals surface area contributed by atoms with Crippen LogP contribution in [0.5, 0.6) is 17.2 Å². The highest BCUT2D eigenvalue weighted by atomic mass is 16.5. The quantitative estimate of drug-likeness (QED) is 0.0832. The van der Waals surface area contributed by atoms with E-state index in [2.05, 4.69) is 41.1 Å². The maximum absolute atomic E-state index is 12.8. The van der Waals surface area contributed by atoms with E-state index in [9.17, 15) is 4.79 Å². The van der Waals surface area contributed by atoms with Crippen LogP contribution < -0.4 is 19.5 Å². The molecule has 0 spiro atoms. The molecule has 2 aromatic carbocycles. The number of benzene rings is 2. The number of aryl methyl sites for hydroxylation is 2. The highest BCUT2D eigenvalue weighted by Crippen LogP contribution is 2.38. The number of unbranched alkanes of at least 4 members (excludes halogenated alkanes) is 17. The fourth-order valence-electron chi connectivity index (χ4n) is 6.48. The van der Waals surface area contributed by atoms with Gasteiger partial charge >= 0.3 is 0 Å². The standard InChI is InChI=1S/C40H63N3O4/c1-5-6-7-8-9-10-11-12-13-14-15-16-17-18-19-25-30-43-35-27-23-22-26-34(35)42-38(43)28-21-20-24-29-41-40(44)33-31-36(45-2)39(47-4)37(32-33)46-3/h22-23,26-27,31-32H,5-21,24-25,28-30H2,1-4H3,(H,41,44). The molecule has 0 unspecified atom stereocenters. The predicted octanol–water partition coefficient (Wildman–Crippen LogP) is 10.5. The van der Waals surface area contributed by atoms with E-state index in [0.717, 1.165) is 37.7 Å². The van der Waals surface area contributed by atoms with Gasteiger partial charge in [-0.15, -0.1) is 0 Å². The lowest BCUT2D eigenvalue weighted by atomic mass is 10.0. The average molecular weight is 650 g/mol. The molecule has 0 aliphatic carbocycles. The molecule has 1 heterocycles. The molecule has 1 amide bonds. The van der Waals surface area contributed by atoms with E-state index in [1.807, 2.05) is 0 Å². The second kappa shape index (κ2) is 23.2. The highest BCUT2D eigenvalue weighted by Gasteiger charge is 2.17. The van der Waals surface area contributed by atoms with Crippen molar-refractivity contribution < 1.29 is 19.0 Å². The first kappa shape index (κ1) is 38.2. The van der Waals surface area contributed by atoms with E-state index in [4.69, 9.17) is 19.2 Å². The van der Waals surface area contributed by atoms with Gasteiger partial charge in [-0.3, -0.25) is 4.79 Å². The Balaban J connectivity index is 1.30. The van der Waals surface area contributed by atoms with E-state index >= 15 is 0 Å². The van der Waals surface area contributed by atoms with Gasteiger partial charge in [0.15, 0.2) is 11.5 Å². The number of hydrogen-bond donors (Lipinski definition) is 1. The van der Waals surface area contributed by atoms with Crippen LogP contribution in [0.3, 0.4) is 0 Å². The minimum Gasteiger partial charge on any atom is -0.493 e. The number of rotatable bonds is 27. The van der Waals surface area contributed by atoms with E-state index in [0.29, 0.717) is 29.4 Å². The summed E-state index contributed by atoms with van der Waals surface area (Å²) >= 11 is 0. The van der Waals surface area contributed by atoms with Crippen molar-refractivity contribution in [2.24, 2.45) is 0 Å². The molecule has 47 heavy (non-hydrogen) atoms. The van der Waals surface area contributed by atoms with Crippen LogP contribution in [0.15, 0.2) is 36.4 Å². The maximum Gasteiger partial charge on any atom is 0.251 e. The topological polar surface area (TPSA) is 74.6 Å². The monoisotopic (exact) mass is 649 g/mol. The number of nitrogens with zero attached hydrogens (tertiary/aromatic N) is 2. The molecule has 0 fully saturated rings. The number of nitrogens with one attached hydrogen (secondary N) is 1. The molecule has 0 aliphatic rings. The molecule has 1 aromatic heterocycles. The van der Waals surface area contributed by atoms with E-state index in [-0.39, 0.29) is 5.91 Å². The number of ether oxygens (including phenoxy) is 3. The number of methoxy groups -OCH3 is 3. The summed E-state index contributed by atoms with van der Waals surface area (Å²) in [6.07, 6.45) is 26.1. The van der Waals surface area contributed by atoms with Crippen molar-refractivity contribution in [2.75, 3.05) is 27.9 Å². The third kappa shape index (κ3) is 13.4. The molecular formula is C40H63N3O4. The summed E-state index contributed by atoms with van der Waals surface area (Å²) in [6, 6.07) is 11.9. The van der Waals surface area contributed by atoms with Crippen LogP contribution in [-0.4, -0.2) is 43.3 Å². The molecule has 0 radical (unpaired) electrons. The fourth-order valence-corrected chi connectivity index (χ4v) is 6.48. The number of hydrogen-bond acceptors (Lipinski definition) is 5. The van der Waals surface area contributed by atoms with Crippen LogP contribution in [0.25, 0.3) is 11.0 Å². The molecule has 3 aromatic rings. The number of aromatic nitrogens is 2. The van der Waals surface area contributed by atoms with Gasteiger partial charge in [0.2, 0.25) is 5.75 Å². The Kier molecular flexibility index (Phi) is 18.8.